The van der Waals surface area contributed by atoms with Gasteiger partial charge in [0.15, 0.2) is 0 Å². The van der Waals surface area contributed by atoms with E-state index >= 15 is 0 Å². The lowest BCUT2D eigenvalue weighted by molar-refractivity contribution is 0.426. The Kier molecular flexibility index (Phi) is 3.00. The fraction of sp³-hybridized carbons (Fsp3) is 0.545. The van der Waals surface area contributed by atoms with Crippen LogP contribution in [0.2, 0.25) is 5.02 Å². The van der Waals surface area contributed by atoms with Crippen LogP contribution in [-0.2, 0) is 0 Å². The van der Waals surface area contributed by atoms with Crippen LogP contribution in [0.25, 0.3) is 0 Å². The minimum Gasteiger partial charge on any atom is -0.382 e. The van der Waals surface area contributed by atoms with Crippen molar-refractivity contribution in [1.82, 2.24) is 4.98 Å². The third-order valence-corrected chi connectivity index (χ3v) is 3.09. The van der Waals surface area contributed by atoms with Crippen molar-refractivity contribution < 1.29 is 0 Å². The maximum Gasteiger partial charge on any atom is 0.149 e. The molecular weight excluding hydrogens is 210 g/mol. The first kappa shape index (κ1) is 10.6. The molecule has 1 aliphatic rings. The highest BCUT2D eigenvalue weighted by atomic mass is 35.5. The lowest BCUT2D eigenvalue weighted by Gasteiger charge is -2.18. The Labute approximate surface area is 95.2 Å². The molecule has 2 rings (SSSR count). The molecule has 15 heavy (non-hydrogen) atoms. The van der Waals surface area contributed by atoms with Crippen LogP contribution in [0.3, 0.4) is 0 Å². The van der Waals surface area contributed by atoms with E-state index in [9.17, 15) is 0 Å². The normalized spacial score (nSPS) is 20.1. The van der Waals surface area contributed by atoms with E-state index in [4.69, 9.17) is 11.6 Å². The van der Waals surface area contributed by atoms with Gasteiger partial charge in [0, 0.05) is 19.3 Å². The lowest BCUT2D eigenvalue weighted by Crippen LogP contribution is -2.23. The summed E-state index contributed by atoms with van der Waals surface area (Å²) in [4.78, 5) is 4.27. The Morgan fingerprint density at radius 1 is 1.40 bits per heavy atom. The first-order valence-corrected chi connectivity index (χ1v) is 5.68. The largest absolute Gasteiger partial charge is 0.382 e. The molecule has 82 valence electrons. The second kappa shape index (κ2) is 4.27. The van der Waals surface area contributed by atoms with Crippen molar-refractivity contribution in [3.05, 3.63) is 17.3 Å². The highest BCUT2D eigenvalue weighted by molar-refractivity contribution is 6.30. The summed E-state index contributed by atoms with van der Waals surface area (Å²) in [6.45, 7) is 6.42. The maximum atomic E-state index is 5.90. The third-order valence-electron chi connectivity index (χ3n) is 2.88. The number of anilines is 2. The van der Waals surface area contributed by atoms with Gasteiger partial charge in [0.1, 0.15) is 5.82 Å². The van der Waals surface area contributed by atoms with Crippen LogP contribution in [0.1, 0.15) is 13.8 Å². The van der Waals surface area contributed by atoms with E-state index in [-0.39, 0.29) is 0 Å². The predicted molar refractivity (Wildman–Crippen MR) is 64.6 cm³/mol. The number of nitrogens with one attached hydrogen (secondary N) is 2. The molecule has 0 amide bonds. The van der Waals surface area contributed by atoms with Crippen molar-refractivity contribution in [2.24, 2.45) is 11.8 Å². The molecule has 2 heterocycles. The Balaban J connectivity index is 2.18. The van der Waals surface area contributed by atoms with E-state index in [1.54, 1.807) is 6.20 Å². The summed E-state index contributed by atoms with van der Waals surface area (Å²) >= 11 is 5.90. The zero-order valence-electron chi connectivity index (χ0n) is 9.05. The van der Waals surface area contributed by atoms with Gasteiger partial charge in [-0.2, -0.15) is 0 Å². The fourth-order valence-corrected chi connectivity index (χ4v) is 1.89. The standard InChI is InChI=1S/C11H16ClN3/c1-7(2)8-4-13-10-3-9(12)6-15-11(10)14-5-8/h3,6-8,13H,4-5H2,1-2H3,(H,14,15). The van der Waals surface area contributed by atoms with Crippen LogP contribution in [0, 0.1) is 11.8 Å². The van der Waals surface area contributed by atoms with E-state index in [1.807, 2.05) is 6.07 Å². The molecule has 1 aromatic heterocycles. The highest BCUT2D eigenvalue weighted by Gasteiger charge is 2.18. The third kappa shape index (κ3) is 2.34. The topological polar surface area (TPSA) is 37.0 Å². The summed E-state index contributed by atoms with van der Waals surface area (Å²) in [6.07, 6.45) is 1.67. The highest BCUT2D eigenvalue weighted by Crippen LogP contribution is 2.27. The van der Waals surface area contributed by atoms with E-state index in [2.05, 4.69) is 29.5 Å². The van der Waals surface area contributed by atoms with Crippen molar-refractivity contribution in [3.8, 4) is 0 Å². The average molecular weight is 226 g/mol. The average Bonchev–Trinajstić information content (AvgIpc) is 2.39. The molecule has 0 aliphatic carbocycles. The van der Waals surface area contributed by atoms with Crippen LogP contribution in [0.5, 0.6) is 0 Å². The van der Waals surface area contributed by atoms with Gasteiger partial charge in [-0.05, 0) is 17.9 Å². The van der Waals surface area contributed by atoms with E-state index in [0.717, 1.165) is 24.6 Å². The fourth-order valence-electron chi connectivity index (χ4n) is 1.73. The van der Waals surface area contributed by atoms with Crippen molar-refractivity contribution >= 4 is 23.1 Å². The maximum absolute atomic E-state index is 5.90. The summed E-state index contributed by atoms with van der Waals surface area (Å²) in [6, 6.07) is 1.92. The molecule has 1 aromatic rings. The molecule has 0 saturated heterocycles. The smallest absolute Gasteiger partial charge is 0.149 e. The minimum absolute atomic E-state index is 0.623. The van der Waals surface area contributed by atoms with Crippen molar-refractivity contribution in [2.45, 2.75) is 13.8 Å². The molecular formula is C11H16ClN3. The summed E-state index contributed by atoms with van der Waals surface area (Å²) in [5.74, 6) is 2.19. The van der Waals surface area contributed by atoms with Crippen LogP contribution in [-0.4, -0.2) is 18.1 Å². The van der Waals surface area contributed by atoms with Gasteiger partial charge in [0.25, 0.3) is 0 Å². The Bertz CT molecular complexity index is 352. The number of nitrogens with zero attached hydrogens (tertiary/aromatic N) is 1. The minimum atomic E-state index is 0.623. The molecule has 0 spiro atoms. The molecule has 1 unspecified atom stereocenters. The quantitative estimate of drug-likeness (QED) is 0.772. The molecule has 2 N–H and O–H groups in total. The van der Waals surface area contributed by atoms with Gasteiger partial charge in [0.2, 0.25) is 0 Å². The van der Waals surface area contributed by atoms with Gasteiger partial charge < -0.3 is 10.6 Å². The number of hydrogen-bond acceptors (Lipinski definition) is 3. The molecule has 0 bridgehead atoms. The molecule has 4 heteroatoms. The van der Waals surface area contributed by atoms with E-state index < -0.39 is 0 Å². The van der Waals surface area contributed by atoms with Crippen molar-refractivity contribution in [1.29, 1.82) is 0 Å². The van der Waals surface area contributed by atoms with Gasteiger partial charge in [-0.15, -0.1) is 0 Å². The van der Waals surface area contributed by atoms with Gasteiger partial charge >= 0.3 is 0 Å². The van der Waals surface area contributed by atoms with E-state index in [0.29, 0.717) is 16.9 Å². The van der Waals surface area contributed by atoms with Crippen molar-refractivity contribution in [2.75, 3.05) is 23.7 Å². The predicted octanol–water partition coefficient (Wildman–Crippen LogP) is 2.84. The molecule has 1 aliphatic heterocycles. The summed E-state index contributed by atoms with van der Waals surface area (Å²) in [5.41, 5.74) is 1.01. The monoisotopic (exact) mass is 225 g/mol. The number of halogens is 1. The number of hydrogen-bond donors (Lipinski definition) is 2. The molecule has 1 atom stereocenters. The molecule has 0 aromatic carbocycles. The van der Waals surface area contributed by atoms with Crippen LogP contribution in [0.4, 0.5) is 11.5 Å². The molecule has 3 nitrogen and oxygen atoms in total. The van der Waals surface area contributed by atoms with Gasteiger partial charge in [-0.3, -0.25) is 0 Å². The lowest BCUT2D eigenvalue weighted by atomic mass is 9.96. The Hall–Kier alpha value is -0.960. The second-order valence-corrected chi connectivity index (χ2v) is 4.75. The van der Waals surface area contributed by atoms with Crippen LogP contribution < -0.4 is 10.6 Å². The number of fused-ring (bicyclic) bond motifs is 1. The SMILES string of the molecule is CC(C)C1CNc2cc(Cl)cnc2NC1. The number of aromatic nitrogens is 1. The van der Waals surface area contributed by atoms with E-state index in [1.165, 1.54) is 0 Å². The van der Waals surface area contributed by atoms with Crippen LogP contribution >= 0.6 is 11.6 Å². The Morgan fingerprint density at radius 3 is 2.87 bits per heavy atom. The second-order valence-electron chi connectivity index (χ2n) is 4.32. The zero-order chi connectivity index (χ0) is 10.8. The number of rotatable bonds is 1. The van der Waals surface area contributed by atoms with Gasteiger partial charge in [-0.1, -0.05) is 25.4 Å². The molecule has 0 fully saturated rings. The first-order chi connectivity index (χ1) is 7.16. The van der Waals surface area contributed by atoms with Gasteiger partial charge in [0.05, 0.1) is 10.7 Å². The zero-order valence-corrected chi connectivity index (χ0v) is 9.80. The first-order valence-electron chi connectivity index (χ1n) is 5.30. The van der Waals surface area contributed by atoms with Gasteiger partial charge in [-0.25, -0.2) is 4.98 Å². The van der Waals surface area contributed by atoms with Crippen LogP contribution in [0.15, 0.2) is 12.3 Å². The molecule has 0 saturated carbocycles. The number of pyridine rings is 1. The molecule has 0 radical (unpaired) electrons. The summed E-state index contributed by atoms with van der Waals surface area (Å²) < 4.78 is 0. The Morgan fingerprint density at radius 2 is 2.13 bits per heavy atom. The van der Waals surface area contributed by atoms with Crippen molar-refractivity contribution in [3.63, 3.8) is 0 Å². The summed E-state index contributed by atoms with van der Waals surface area (Å²) in [5, 5.41) is 7.41. The summed E-state index contributed by atoms with van der Waals surface area (Å²) in [7, 11) is 0.